The molecule has 0 fully saturated rings. The van der Waals surface area contributed by atoms with E-state index in [1.165, 1.54) is 36.4 Å². The molecule has 92 valence electrons. The lowest BCUT2D eigenvalue weighted by atomic mass is 10.2. The summed E-state index contributed by atoms with van der Waals surface area (Å²) in [6.45, 7) is 0. The highest BCUT2D eigenvalue weighted by molar-refractivity contribution is 5.94. The van der Waals surface area contributed by atoms with Gasteiger partial charge in [-0.15, -0.1) is 0 Å². The van der Waals surface area contributed by atoms with E-state index in [4.69, 9.17) is 15.6 Å². The van der Waals surface area contributed by atoms with Crippen LogP contribution in [0.15, 0.2) is 42.5 Å². The molecule has 0 aliphatic carbocycles. The lowest BCUT2D eigenvalue weighted by Crippen LogP contribution is -2.02. The van der Waals surface area contributed by atoms with Gasteiger partial charge in [-0.25, -0.2) is 9.18 Å². The van der Waals surface area contributed by atoms with Crippen molar-refractivity contribution < 1.29 is 19.0 Å². The lowest BCUT2D eigenvalue weighted by molar-refractivity contribution is 0.0697. The summed E-state index contributed by atoms with van der Waals surface area (Å²) in [6, 6.07) is 9.72. The van der Waals surface area contributed by atoms with E-state index in [1.54, 1.807) is 6.07 Å². The van der Waals surface area contributed by atoms with Crippen LogP contribution in [-0.2, 0) is 0 Å². The van der Waals surface area contributed by atoms with Gasteiger partial charge in [0.15, 0.2) is 0 Å². The van der Waals surface area contributed by atoms with E-state index in [0.717, 1.165) is 0 Å². The first-order valence-corrected chi connectivity index (χ1v) is 5.12. The predicted octanol–water partition coefficient (Wildman–Crippen LogP) is 2.90. The molecule has 5 heteroatoms. The Balaban J connectivity index is 2.27. The van der Waals surface area contributed by atoms with Gasteiger partial charge in [0.05, 0.1) is 5.56 Å². The average Bonchev–Trinajstić information content (AvgIpc) is 2.34. The number of carboxylic acids is 1. The number of ether oxygens (including phenoxy) is 1. The number of rotatable bonds is 3. The topological polar surface area (TPSA) is 72.5 Å². The minimum absolute atomic E-state index is 0.0328. The predicted molar refractivity (Wildman–Crippen MR) is 64.3 cm³/mol. The number of aromatic carboxylic acids is 1. The minimum Gasteiger partial charge on any atom is -0.478 e. The van der Waals surface area contributed by atoms with Crippen LogP contribution in [0, 0.1) is 5.82 Å². The minimum atomic E-state index is -1.13. The highest BCUT2D eigenvalue weighted by Crippen LogP contribution is 2.25. The van der Waals surface area contributed by atoms with Crippen molar-refractivity contribution in [3.63, 3.8) is 0 Å². The van der Waals surface area contributed by atoms with Crippen molar-refractivity contribution in [3.05, 3.63) is 53.8 Å². The first kappa shape index (κ1) is 11.9. The zero-order valence-electron chi connectivity index (χ0n) is 9.26. The van der Waals surface area contributed by atoms with E-state index in [1.807, 2.05) is 0 Å². The summed E-state index contributed by atoms with van der Waals surface area (Å²) in [4.78, 5) is 10.9. The van der Waals surface area contributed by atoms with Gasteiger partial charge >= 0.3 is 5.97 Å². The van der Waals surface area contributed by atoms with Crippen LogP contribution < -0.4 is 10.5 Å². The van der Waals surface area contributed by atoms with E-state index in [0.29, 0.717) is 11.5 Å². The van der Waals surface area contributed by atoms with E-state index in [2.05, 4.69) is 0 Å². The molecule has 0 aliphatic heterocycles. The molecule has 0 spiro atoms. The van der Waals surface area contributed by atoms with Crippen LogP contribution in [0.5, 0.6) is 11.5 Å². The second-order valence-corrected chi connectivity index (χ2v) is 3.61. The normalized spacial score (nSPS) is 10.1. The number of hydrogen-bond donors (Lipinski definition) is 2. The molecular formula is C13H10FNO3. The Hall–Kier alpha value is -2.56. The number of nitrogen functional groups attached to an aromatic ring is 1. The van der Waals surface area contributed by atoms with E-state index >= 15 is 0 Å². The molecule has 0 bridgehead atoms. The van der Waals surface area contributed by atoms with Crippen molar-refractivity contribution in [2.45, 2.75) is 0 Å². The third-order valence-electron chi connectivity index (χ3n) is 2.30. The first-order chi connectivity index (χ1) is 8.56. The molecule has 2 aromatic rings. The van der Waals surface area contributed by atoms with Crippen LogP contribution in [-0.4, -0.2) is 11.1 Å². The summed E-state index contributed by atoms with van der Waals surface area (Å²) in [7, 11) is 0. The number of hydrogen-bond acceptors (Lipinski definition) is 3. The summed E-state index contributed by atoms with van der Waals surface area (Å²) < 4.78 is 18.1. The maximum absolute atomic E-state index is 12.7. The molecule has 3 N–H and O–H groups in total. The molecule has 0 aromatic heterocycles. The highest BCUT2D eigenvalue weighted by atomic mass is 19.1. The van der Waals surface area contributed by atoms with Gasteiger partial charge in [0, 0.05) is 5.69 Å². The lowest BCUT2D eigenvalue weighted by Gasteiger charge is -2.07. The molecule has 4 nitrogen and oxygen atoms in total. The summed E-state index contributed by atoms with van der Waals surface area (Å²) in [5.41, 5.74) is 5.65. The summed E-state index contributed by atoms with van der Waals surface area (Å²) >= 11 is 0. The molecule has 0 saturated heterocycles. The second-order valence-electron chi connectivity index (χ2n) is 3.61. The third-order valence-corrected chi connectivity index (χ3v) is 2.30. The highest BCUT2D eigenvalue weighted by Gasteiger charge is 2.09. The molecule has 0 unspecified atom stereocenters. The molecule has 0 atom stereocenters. The quantitative estimate of drug-likeness (QED) is 0.818. The van der Waals surface area contributed by atoms with Gasteiger partial charge in [0.2, 0.25) is 0 Å². The molecule has 2 rings (SSSR count). The maximum atomic E-state index is 12.7. The van der Waals surface area contributed by atoms with Gasteiger partial charge in [-0.2, -0.15) is 0 Å². The van der Waals surface area contributed by atoms with Crippen LogP contribution in [0.1, 0.15) is 10.4 Å². The van der Waals surface area contributed by atoms with Gasteiger partial charge in [-0.05, 0) is 42.5 Å². The molecular weight excluding hydrogens is 237 g/mol. The smallest absolute Gasteiger partial charge is 0.337 e. The number of benzene rings is 2. The number of nitrogens with two attached hydrogens (primary N) is 1. The van der Waals surface area contributed by atoms with E-state index in [-0.39, 0.29) is 17.1 Å². The van der Waals surface area contributed by atoms with Gasteiger partial charge in [0.1, 0.15) is 17.3 Å². The standard InChI is InChI=1S/C13H10FNO3/c14-8-1-3-9(4-2-8)18-10-5-6-12(15)11(7-10)13(16)17/h1-7H,15H2,(H,16,17). The number of carboxylic acid groups (broad SMARTS) is 1. The SMILES string of the molecule is Nc1ccc(Oc2ccc(F)cc2)cc1C(=O)O. The maximum Gasteiger partial charge on any atom is 0.337 e. The molecule has 18 heavy (non-hydrogen) atoms. The Morgan fingerprint density at radius 3 is 2.33 bits per heavy atom. The van der Waals surface area contributed by atoms with Crippen LogP contribution in [0.3, 0.4) is 0 Å². The molecule has 0 heterocycles. The fraction of sp³-hybridized carbons (Fsp3) is 0. The molecule has 0 amide bonds. The van der Waals surface area contributed by atoms with Crippen LogP contribution in [0.4, 0.5) is 10.1 Å². The zero-order chi connectivity index (χ0) is 13.1. The van der Waals surface area contributed by atoms with Crippen molar-refractivity contribution in [1.82, 2.24) is 0 Å². The second kappa shape index (κ2) is 4.75. The van der Waals surface area contributed by atoms with Crippen LogP contribution in [0.2, 0.25) is 0 Å². The fourth-order valence-corrected chi connectivity index (χ4v) is 1.42. The fourth-order valence-electron chi connectivity index (χ4n) is 1.42. The molecule has 0 aliphatic rings. The Morgan fingerprint density at radius 1 is 1.11 bits per heavy atom. The summed E-state index contributed by atoms with van der Waals surface area (Å²) in [5.74, 6) is -0.756. The monoisotopic (exact) mass is 247 g/mol. The first-order valence-electron chi connectivity index (χ1n) is 5.12. The van der Waals surface area contributed by atoms with Crippen molar-refractivity contribution in [2.24, 2.45) is 0 Å². The van der Waals surface area contributed by atoms with Crippen molar-refractivity contribution in [3.8, 4) is 11.5 Å². The van der Waals surface area contributed by atoms with E-state index < -0.39 is 5.97 Å². The summed E-state index contributed by atoms with van der Waals surface area (Å²) in [5, 5.41) is 8.91. The third kappa shape index (κ3) is 2.57. The Labute approximate surface area is 102 Å². The zero-order valence-corrected chi connectivity index (χ0v) is 9.26. The summed E-state index contributed by atoms with van der Waals surface area (Å²) in [6.07, 6.45) is 0. The Bertz CT molecular complexity index is 581. The largest absolute Gasteiger partial charge is 0.478 e. The van der Waals surface area contributed by atoms with Crippen LogP contribution >= 0.6 is 0 Å². The average molecular weight is 247 g/mol. The van der Waals surface area contributed by atoms with Gasteiger partial charge < -0.3 is 15.6 Å². The van der Waals surface area contributed by atoms with Crippen LogP contribution in [0.25, 0.3) is 0 Å². The van der Waals surface area contributed by atoms with Gasteiger partial charge in [-0.3, -0.25) is 0 Å². The van der Waals surface area contributed by atoms with Crippen molar-refractivity contribution in [2.75, 3.05) is 5.73 Å². The Kier molecular flexibility index (Phi) is 3.14. The number of anilines is 1. The van der Waals surface area contributed by atoms with Gasteiger partial charge in [0.25, 0.3) is 0 Å². The molecule has 0 saturated carbocycles. The molecule has 0 radical (unpaired) electrons. The molecule has 2 aromatic carbocycles. The van der Waals surface area contributed by atoms with Gasteiger partial charge in [-0.1, -0.05) is 0 Å². The number of halogens is 1. The van der Waals surface area contributed by atoms with Crippen molar-refractivity contribution >= 4 is 11.7 Å². The van der Waals surface area contributed by atoms with Crippen molar-refractivity contribution in [1.29, 1.82) is 0 Å². The van der Waals surface area contributed by atoms with E-state index in [9.17, 15) is 9.18 Å². The Morgan fingerprint density at radius 2 is 1.72 bits per heavy atom. The number of carbonyl (C=O) groups is 1.